The molecule has 8 aromatic rings. The van der Waals surface area contributed by atoms with Crippen LogP contribution in [0.1, 0.15) is 74.5 Å². The first kappa shape index (κ1) is 49.5. The van der Waals surface area contributed by atoms with Gasteiger partial charge in [-0.25, -0.2) is 46.7 Å². The first-order chi connectivity index (χ1) is 44.5. The van der Waals surface area contributed by atoms with E-state index in [1.54, 1.807) is 26.8 Å². The maximum absolute atomic E-state index is 13.8. The Balaban J connectivity index is 0.000000273. The number of rotatable bonds is 24. The second-order valence-corrected chi connectivity index (χ2v) is 21.4. The largest absolute Gasteiger partial charge is 0.490 e. The predicted octanol–water partition coefficient (Wildman–Crippen LogP) is 9.35. The Morgan fingerprint density at radius 2 is 0.918 bits per heavy atom. The average molecular weight is 1230 g/mol. The second-order valence-electron chi connectivity index (χ2n) is 18.0. The van der Waals surface area contributed by atoms with Crippen molar-refractivity contribution in [2.75, 3.05) is 42.4 Å². The summed E-state index contributed by atoms with van der Waals surface area (Å²) in [7, 11) is -9.31. The molecular weight excluding hydrogens is 1160 g/mol. The number of hydrogen-bond donors (Lipinski definition) is 5. The molecule has 8 rings (SSSR count). The zero-order valence-corrected chi connectivity index (χ0v) is 46.5. The molecule has 4 aromatic carbocycles. The summed E-state index contributed by atoms with van der Waals surface area (Å²) in [5.41, 5.74) is -4.12. The summed E-state index contributed by atoms with van der Waals surface area (Å²) in [5.74, 6) is -5.66. The highest BCUT2D eigenvalue weighted by Gasteiger charge is 2.33. The van der Waals surface area contributed by atoms with Crippen LogP contribution in [0.15, 0.2) is 144 Å². The third kappa shape index (κ3) is 17.3. The quantitative estimate of drug-likeness (QED) is 0.0352. The van der Waals surface area contributed by atoms with E-state index < -0.39 is 135 Å². The van der Waals surface area contributed by atoms with E-state index in [1.807, 2.05) is 0 Å². The molecule has 0 aliphatic rings. The number of aromatic nitrogens is 8. The molecule has 0 fully saturated rings. The van der Waals surface area contributed by atoms with Crippen LogP contribution in [-0.2, 0) is 30.9 Å². The molecule has 4 aromatic heterocycles. The molecule has 4 heterocycles. The predicted molar refractivity (Wildman–Crippen MR) is 300 cm³/mol. The lowest BCUT2D eigenvalue weighted by Crippen LogP contribution is -2.25. The van der Waals surface area contributed by atoms with E-state index in [2.05, 4.69) is 49.3 Å². The molecular formula is C56H58F4N10O13S2. The Labute approximate surface area is 501 Å². The van der Waals surface area contributed by atoms with E-state index >= 15 is 0 Å². The van der Waals surface area contributed by atoms with Gasteiger partial charge in [-0.2, -0.15) is 27.5 Å². The normalized spacial score (nSPS) is 14.6. The van der Waals surface area contributed by atoms with Gasteiger partial charge in [-0.05, 0) is 91.1 Å². The Morgan fingerprint density at radius 1 is 0.529 bits per heavy atom. The van der Waals surface area contributed by atoms with Gasteiger partial charge in [0.1, 0.15) is 0 Å². The molecule has 0 saturated heterocycles. The molecule has 29 heteroatoms. The maximum Gasteiger partial charge on any atom is 0.387 e. The number of anilines is 2. The zero-order chi connectivity index (χ0) is 71.1. The summed E-state index contributed by atoms with van der Waals surface area (Å²) >= 11 is 0. The summed E-state index contributed by atoms with van der Waals surface area (Å²) < 4.78 is 233. The van der Waals surface area contributed by atoms with Crippen molar-refractivity contribution >= 4 is 31.7 Å². The van der Waals surface area contributed by atoms with Crippen molar-refractivity contribution in [2.45, 2.75) is 81.1 Å². The van der Waals surface area contributed by atoms with Gasteiger partial charge in [0, 0.05) is 42.5 Å². The van der Waals surface area contributed by atoms with Crippen LogP contribution in [0.2, 0.25) is 0 Å². The van der Waals surface area contributed by atoms with Gasteiger partial charge in [-0.1, -0.05) is 82.9 Å². The van der Waals surface area contributed by atoms with Crippen molar-refractivity contribution in [2.24, 2.45) is 0 Å². The lowest BCUT2D eigenvalue weighted by atomic mass is 9.86. The first-order valence-electron chi connectivity index (χ1n) is 30.1. The number of nitrogens with one attached hydrogen (secondary N) is 2. The third-order valence-corrected chi connectivity index (χ3v) is 13.7. The van der Waals surface area contributed by atoms with Gasteiger partial charge in [0.15, 0.2) is 59.5 Å². The van der Waals surface area contributed by atoms with Gasteiger partial charge >= 0.3 is 12.2 Å². The molecule has 0 aliphatic heterocycles. The number of aliphatic hydroxyl groups excluding tert-OH is 1. The lowest BCUT2D eigenvalue weighted by Gasteiger charge is -2.22. The Bertz CT molecular complexity index is 4190. The van der Waals surface area contributed by atoms with Gasteiger partial charge in [0.2, 0.25) is 23.1 Å². The number of ether oxygens (including phenoxy) is 6. The van der Waals surface area contributed by atoms with E-state index in [-0.39, 0.29) is 58.6 Å². The topological polar surface area (TPSA) is 312 Å². The lowest BCUT2D eigenvalue weighted by molar-refractivity contribution is -0.217. The molecule has 23 nitrogen and oxygen atoms in total. The monoisotopic (exact) mass is 1230 g/mol. The zero-order valence-electron chi connectivity index (χ0n) is 55.9. The van der Waals surface area contributed by atoms with Crippen molar-refractivity contribution < 1.29 is 93.2 Å². The Hall–Kier alpha value is -8.90. The molecule has 0 unspecified atom stereocenters. The fourth-order valence-corrected chi connectivity index (χ4v) is 8.92. The minimum atomic E-state index is -4.84. The molecule has 0 radical (unpaired) electrons. The fourth-order valence-electron chi connectivity index (χ4n) is 6.91. The van der Waals surface area contributed by atoms with E-state index in [0.717, 1.165) is 31.2 Å². The van der Waals surface area contributed by atoms with Crippen molar-refractivity contribution in [3.8, 4) is 69.6 Å². The van der Waals surface area contributed by atoms with Crippen LogP contribution < -0.4 is 37.9 Å². The van der Waals surface area contributed by atoms with E-state index in [4.69, 9.17) is 53.7 Å². The van der Waals surface area contributed by atoms with Crippen LogP contribution in [0.5, 0.6) is 46.3 Å². The van der Waals surface area contributed by atoms with Crippen LogP contribution in [0.3, 0.4) is 0 Å². The van der Waals surface area contributed by atoms with Crippen LogP contribution in [0.4, 0.5) is 29.2 Å². The molecule has 85 heavy (non-hydrogen) atoms. The van der Waals surface area contributed by atoms with Crippen LogP contribution >= 0.6 is 0 Å². The van der Waals surface area contributed by atoms with Gasteiger partial charge in [0.05, 0.1) is 32.3 Å². The third-order valence-electron chi connectivity index (χ3n) is 11.0. The van der Waals surface area contributed by atoms with Crippen molar-refractivity contribution in [1.82, 2.24) is 39.9 Å². The fraction of sp³-hybridized carbons (Fsp3) is 0.286. The molecule has 0 atom stereocenters. The minimum Gasteiger partial charge on any atom is -0.490 e. The molecule has 5 N–H and O–H groups in total. The number of sulfonamides is 2. The van der Waals surface area contributed by atoms with Crippen molar-refractivity contribution in [3.63, 3.8) is 0 Å². The SMILES string of the molecule is [2H]C([2H])(C)Oc1ccccc1Oc1c(NS(=O)(=O)c2ccc(C(C)(C)CO)cc2)nc(-c2ncccn2)nc1OCC(O)(F)F.[2H]C([2H])([2H])C(c1ccc(S(=O)(=O)Nc2nc(-c3ncccn3)nc(OCC(O)(F)F)c2Oc2ccccc2OCC)cc1)(C([2H])([2H])[2H])C([2H])([2H])[2H]. The second kappa shape index (κ2) is 26.8. The average Bonchev–Trinajstić information content (AvgIpc) is 0.709. The maximum atomic E-state index is 13.8. The molecule has 0 amide bonds. The summed E-state index contributed by atoms with van der Waals surface area (Å²) in [4.78, 5) is 31.5. The standard InChI is InChI=1S/C28H29F2N5O7S.C28H29F2N5O6S/c1-4-40-20-8-5-6-9-21(20)42-22-23(35-43(38,39)19-12-10-18(11-13-19)27(2,3)16-36)33-25(24-31-14-7-15-32-24)34-26(22)41-17-28(29,30)37;1-5-39-20-9-6-7-10-21(20)41-22-23(35-42(37,38)19-13-11-18(12-14-19)27(2,3)4)33-25(24-31-15-8-16-32-24)34-26(22)40-17-28(29,30)36/h5-15,36-37H,4,16-17H2,1-3H3,(H,33,34,35);6-16,36H,5,17H2,1-4H3,(H,33,34,35)/i4D2;2D3,3D3,4D3. The molecule has 0 bridgehead atoms. The van der Waals surface area contributed by atoms with Crippen molar-refractivity contribution in [3.05, 3.63) is 145 Å². The number of aliphatic hydroxyl groups is 3. The minimum absolute atomic E-state index is 0.0765. The number of alkyl halides is 4. The number of nitrogens with zero attached hydrogens (tertiary/aromatic N) is 8. The molecule has 0 aliphatic carbocycles. The summed E-state index contributed by atoms with van der Waals surface area (Å²) in [6.07, 6.45) is -3.48. The number of benzene rings is 4. The van der Waals surface area contributed by atoms with E-state index in [0.29, 0.717) is 5.56 Å². The highest BCUT2D eigenvalue weighted by Crippen LogP contribution is 2.44. The van der Waals surface area contributed by atoms with Crippen LogP contribution in [0, 0.1) is 0 Å². The molecule has 0 saturated carbocycles. The van der Waals surface area contributed by atoms with Gasteiger partial charge in [-0.15, -0.1) is 0 Å². The Kier molecular flexibility index (Phi) is 15.6. The number of halogens is 4. The van der Waals surface area contributed by atoms with Gasteiger partial charge in [0.25, 0.3) is 31.8 Å². The molecule has 450 valence electrons. The smallest absolute Gasteiger partial charge is 0.387 e. The van der Waals surface area contributed by atoms with Crippen LogP contribution in [-0.4, -0.2) is 117 Å². The highest BCUT2D eigenvalue weighted by molar-refractivity contribution is 7.93. The number of para-hydroxylation sites is 4. The van der Waals surface area contributed by atoms with Crippen molar-refractivity contribution in [1.29, 1.82) is 0 Å². The molecule has 0 spiro atoms. The summed E-state index contributed by atoms with van der Waals surface area (Å²) in [6, 6.07) is 23.2. The summed E-state index contributed by atoms with van der Waals surface area (Å²) in [6.45, 7) is -9.97. The number of hydrogen-bond acceptors (Lipinski definition) is 21. The van der Waals surface area contributed by atoms with Gasteiger partial charge in [-0.3, -0.25) is 9.44 Å². The Morgan fingerprint density at radius 3 is 1.28 bits per heavy atom. The van der Waals surface area contributed by atoms with Gasteiger partial charge < -0.3 is 43.7 Å². The summed E-state index contributed by atoms with van der Waals surface area (Å²) in [5, 5.41) is 27.8. The van der Waals surface area contributed by atoms with E-state index in [9.17, 15) is 39.5 Å². The van der Waals surface area contributed by atoms with E-state index in [1.165, 1.54) is 104 Å². The van der Waals surface area contributed by atoms with Crippen LogP contribution in [0.25, 0.3) is 23.3 Å². The highest BCUT2D eigenvalue weighted by atomic mass is 32.2. The first-order valence-corrected chi connectivity index (χ1v) is 27.5.